The Morgan fingerprint density at radius 3 is 2.24 bits per heavy atom. The van der Waals surface area contributed by atoms with Crippen molar-refractivity contribution in [1.29, 1.82) is 0 Å². The van der Waals surface area contributed by atoms with E-state index in [1.54, 1.807) is 12.1 Å². The lowest BCUT2D eigenvalue weighted by Crippen LogP contribution is -2.05. The van der Waals surface area contributed by atoms with E-state index in [1.165, 1.54) is 18.4 Å². The normalized spacial score (nSPS) is 31.0. The van der Waals surface area contributed by atoms with E-state index in [4.69, 9.17) is 10.7 Å². The third kappa shape index (κ3) is 2.02. The molecule has 1 fully saturated rings. The molecule has 0 heterocycles. The highest BCUT2D eigenvalue weighted by molar-refractivity contribution is 8.13. The van der Waals surface area contributed by atoms with Crippen molar-refractivity contribution in [2.45, 2.75) is 23.7 Å². The lowest BCUT2D eigenvalue weighted by molar-refractivity contribution is 0.584. The second kappa shape index (κ2) is 3.85. The summed E-state index contributed by atoms with van der Waals surface area (Å²) in [6.45, 7) is 0. The van der Waals surface area contributed by atoms with Crippen molar-refractivity contribution in [2.24, 2.45) is 11.8 Å². The van der Waals surface area contributed by atoms with Crippen LogP contribution in [0.2, 0.25) is 0 Å². The van der Waals surface area contributed by atoms with Gasteiger partial charge in [0.15, 0.2) is 0 Å². The van der Waals surface area contributed by atoms with E-state index >= 15 is 0 Å². The fourth-order valence-corrected chi connectivity index (χ4v) is 3.81. The molecule has 3 rings (SSSR count). The molecule has 2 bridgehead atoms. The average Bonchev–Trinajstić information content (AvgIpc) is 2.89. The van der Waals surface area contributed by atoms with Crippen molar-refractivity contribution in [3.8, 4) is 0 Å². The van der Waals surface area contributed by atoms with Crippen molar-refractivity contribution in [3.63, 3.8) is 0 Å². The van der Waals surface area contributed by atoms with Crippen molar-refractivity contribution in [3.05, 3.63) is 42.0 Å². The van der Waals surface area contributed by atoms with Gasteiger partial charge in [0.2, 0.25) is 0 Å². The zero-order chi connectivity index (χ0) is 12.0. The Hall–Kier alpha value is -0.800. The first-order valence-corrected chi connectivity index (χ1v) is 8.08. The number of halogens is 1. The summed E-state index contributed by atoms with van der Waals surface area (Å²) >= 11 is 0. The number of hydrogen-bond acceptors (Lipinski definition) is 2. The van der Waals surface area contributed by atoms with Gasteiger partial charge in [-0.05, 0) is 48.3 Å². The Bertz CT molecular complexity index is 560. The van der Waals surface area contributed by atoms with Crippen LogP contribution < -0.4 is 0 Å². The number of benzene rings is 1. The molecule has 0 radical (unpaired) electrons. The SMILES string of the molecule is O=S(=O)(Cl)c1ccc([C@H]2C[C@@H]3C=CC2C3)cc1. The van der Waals surface area contributed by atoms with Gasteiger partial charge in [0.25, 0.3) is 9.05 Å². The minimum absolute atomic E-state index is 0.182. The van der Waals surface area contributed by atoms with Crippen LogP contribution in [0.15, 0.2) is 41.3 Å². The first-order valence-electron chi connectivity index (χ1n) is 5.77. The van der Waals surface area contributed by atoms with E-state index in [1.807, 2.05) is 12.1 Å². The van der Waals surface area contributed by atoms with E-state index in [0.29, 0.717) is 11.8 Å². The summed E-state index contributed by atoms with van der Waals surface area (Å²) in [7, 11) is 1.70. The van der Waals surface area contributed by atoms with Gasteiger partial charge in [0.1, 0.15) is 0 Å². The summed E-state index contributed by atoms with van der Waals surface area (Å²) in [5.74, 6) is 1.91. The summed E-state index contributed by atoms with van der Waals surface area (Å²) in [6, 6.07) is 7.00. The van der Waals surface area contributed by atoms with Crippen LogP contribution in [-0.4, -0.2) is 8.42 Å². The van der Waals surface area contributed by atoms with Crippen LogP contribution in [0.3, 0.4) is 0 Å². The van der Waals surface area contributed by atoms with E-state index in [9.17, 15) is 8.42 Å². The molecule has 0 N–H and O–H groups in total. The van der Waals surface area contributed by atoms with Crippen LogP contribution in [0.5, 0.6) is 0 Å². The first-order chi connectivity index (χ1) is 8.04. The van der Waals surface area contributed by atoms with Crippen LogP contribution in [0, 0.1) is 11.8 Å². The first kappa shape index (κ1) is 11.3. The molecule has 1 unspecified atom stereocenters. The molecule has 2 aliphatic rings. The van der Waals surface area contributed by atoms with E-state index in [0.717, 1.165) is 5.92 Å². The van der Waals surface area contributed by atoms with Gasteiger partial charge >= 0.3 is 0 Å². The smallest absolute Gasteiger partial charge is 0.207 e. The van der Waals surface area contributed by atoms with Crippen molar-refractivity contribution in [2.75, 3.05) is 0 Å². The zero-order valence-electron chi connectivity index (χ0n) is 9.21. The Morgan fingerprint density at radius 2 is 1.76 bits per heavy atom. The molecule has 1 aromatic carbocycles. The summed E-state index contributed by atoms with van der Waals surface area (Å²) in [6.07, 6.45) is 7.04. The third-order valence-electron chi connectivity index (χ3n) is 3.87. The number of hydrogen-bond donors (Lipinski definition) is 0. The van der Waals surface area contributed by atoms with Gasteiger partial charge in [0, 0.05) is 10.7 Å². The Kier molecular flexibility index (Phi) is 2.56. The number of rotatable bonds is 2. The van der Waals surface area contributed by atoms with Crippen LogP contribution in [0.25, 0.3) is 0 Å². The molecule has 1 saturated carbocycles. The van der Waals surface area contributed by atoms with Gasteiger partial charge in [-0.25, -0.2) is 8.42 Å². The number of allylic oxidation sites excluding steroid dienone is 2. The van der Waals surface area contributed by atoms with E-state index < -0.39 is 9.05 Å². The molecule has 2 nitrogen and oxygen atoms in total. The second-order valence-electron chi connectivity index (χ2n) is 4.89. The molecular weight excluding hydrogens is 256 g/mol. The highest BCUT2D eigenvalue weighted by Gasteiger charge is 2.36. The molecule has 0 saturated heterocycles. The lowest BCUT2D eigenvalue weighted by Gasteiger charge is -2.18. The van der Waals surface area contributed by atoms with Gasteiger partial charge in [-0.1, -0.05) is 24.3 Å². The van der Waals surface area contributed by atoms with Gasteiger partial charge < -0.3 is 0 Å². The van der Waals surface area contributed by atoms with Gasteiger partial charge in [0.05, 0.1) is 4.90 Å². The predicted octanol–water partition coefficient (Wildman–Crippen LogP) is 3.29. The molecule has 2 aliphatic carbocycles. The summed E-state index contributed by atoms with van der Waals surface area (Å²) in [5.41, 5.74) is 1.23. The summed E-state index contributed by atoms with van der Waals surface area (Å²) < 4.78 is 22.3. The second-order valence-corrected chi connectivity index (χ2v) is 7.46. The van der Waals surface area contributed by atoms with E-state index in [2.05, 4.69) is 12.2 Å². The van der Waals surface area contributed by atoms with Gasteiger partial charge in [-0.15, -0.1) is 0 Å². The maximum atomic E-state index is 11.1. The van der Waals surface area contributed by atoms with Crippen molar-refractivity contribution < 1.29 is 8.42 Å². The number of fused-ring (bicyclic) bond motifs is 2. The highest BCUT2D eigenvalue weighted by atomic mass is 35.7. The zero-order valence-corrected chi connectivity index (χ0v) is 10.8. The van der Waals surface area contributed by atoms with E-state index in [-0.39, 0.29) is 4.90 Å². The Labute approximate surface area is 106 Å². The fourth-order valence-electron chi connectivity index (χ4n) is 3.04. The molecule has 0 spiro atoms. The van der Waals surface area contributed by atoms with Crippen LogP contribution >= 0.6 is 10.7 Å². The molecule has 3 atom stereocenters. The molecular formula is C13H13ClO2S. The van der Waals surface area contributed by atoms with Crippen LogP contribution in [-0.2, 0) is 9.05 Å². The molecule has 0 amide bonds. The van der Waals surface area contributed by atoms with Crippen molar-refractivity contribution in [1.82, 2.24) is 0 Å². The van der Waals surface area contributed by atoms with Crippen LogP contribution in [0.4, 0.5) is 0 Å². The lowest BCUT2D eigenvalue weighted by atomic mass is 9.87. The molecule has 90 valence electrons. The predicted molar refractivity (Wildman–Crippen MR) is 67.6 cm³/mol. The molecule has 1 aromatic rings. The average molecular weight is 269 g/mol. The largest absolute Gasteiger partial charge is 0.261 e. The fraction of sp³-hybridized carbons (Fsp3) is 0.385. The molecule has 0 aliphatic heterocycles. The maximum absolute atomic E-state index is 11.1. The van der Waals surface area contributed by atoms with Crippen LogP contribution in [0.1, 0.15) is 24.3 Å². The third-order valence-corrected chi connectivity index (χ3v) is 5.24. The van der Waals surface area contributed by atoms with Crippen molar-refractivity contribution >= 4 is 19.7 Å². The standard InChI is InChI=1S/C13H13ClO2S/c14-17(15,16)12-5-3-10(4-6-12)13-8-9-1-2-11(13)7-9/h1-6,9,11,13H,7-8H2/t9-,11?,13-/m1/s1. The monoisotopic (exact) mass is 268 g/mol. The molecule has 0 aromatic heterocycles. The minimum Gasteiger partial charge on any atom is -0.207 e. The maximum Gasteiger partial charge on any atom is 0.261 e. The highest BCUT2D eigenvalue weighted by Crippen LogP contribution is 2.48. The van der Waals surface area contributed by atoms with Gasteiger partial charge in [-0.2, -0.15) is 0 Å². The minimum atomic E-state index is -3.60. The molecule has 17 heavy (non-hydrogen) atoms. The Balaban J connectivity index is 1.89. The summed E-state index contributed by atoms with van der Waals surface area (Å²) in [4.78, 5) is 0.182. The summed E-state index contributed by atoms with van der Waals surface area (Å²) in [5, 5.41) is 0. The quantitative estimate of drug-likeness (QED) is 0.609. The molecule has 4 heteroatoms. The Morgan fingerprint density at radius 1 is 1.06 bits per heavy atom. The van der Waals surface area contributed by atoms with Gasteiger partial charge in [-0.3, -0.25) is 0 Å². The topological polar surface area (TPSA) is 34.1 Å².